The predicted octanol–water partition coefficient (Wildman–Crippen LogP) is 2.19. The van der Waals surface area contributed by atoms with Gasteiger partial charge in [0.25, 0.3) is 0 Å². The smallest absolute Gasteiger partial charge is 0.225 e. The number of carbonyl (C=O) groups excluding carboxylic acids is 2. The highest BCUT2D eigenvalue weighted by atomic mass is 16.2. The summed E-state index contributed by atoms with van der Waals surface area (Å²) in [4.78, 5) is 26.7. The van der Waals surface area contributed by atoms with Crippen LogP contribution in [0.25, 0.3) is 0 Å². The van der Waals surface area contributed by atoms with E-state index in [-0.39, 0.29) is 35.1 Å². The first-order valence-corrected chi connectivity index (χ1v) is 7.95. The molecule has 4 heteroatoms. The fourth-order valence-corrected chi connectivity index (χ4v) is 3.83. The van der Waals surface area contributed by atoms with Crippen molar-refractivity contribution in [2.45, 2.75) is 59.4 Å². The maximum absolute atomic E-state index is 12.5. The molecule has 1 N–H and O–H groups in total. The minimum absolute atomic E-state index is 0.0142. The van der Waals surface area contributed by atoms with Gasteiger partial charge in [0.15, 0.2) is 0 Å². The molecule has 0 radical (unpaired) electrons. The molecule has 1 saturated heterocycles. The summed E-state index contributed by atoms with van der Waals surface area (Å²) >= 11 is 0. The number of likely N-dealkylation sites (tertiary alicyclic amines) is 1. The van der Waals surface area contributed by atoms with Crippen LogP contribution < -0.4 is 5.32 Å². The molecule has 1 unspecified atom stereocenters. The number of nitrogens with zero attached hydrogens (tertiary/aromatic N) is 1. The van der Waals surface area contributed by atoms with Crippen LogP contribution in [-0.2, 0) is 9.59 Å². The zero-order chi connectivity index (χ0) is 14.9. The summed E-state index contributed by atoms with van der Waals surface area (Å²) in [6.45, 7) is 9.24. The van der Waals surface area contributed by atoms with Crippen LogP contribution in [0.15, 0.2) is 0 Å². The lowest BCUT2D eigenvalue weighted by Crippen LogP contribution is -2.42. The monoisotopic (exact) mass is 280 g/mol. The Morgan fingerprint density at radius 3 is 2.25 bits per heavy atom. The maximum atomic E-state index is 12.5. The molecular formula is C16H28N2O2. The summed E-state index contributed by atoms with van der Waals surface area (Å²) in [5.74, 6) is 0.326. The highest BCUT2D eigenvalue weighted by Gasteiger charge is 2.52. The molecule has 114 valence electrons. The van der Waals surface area contributed by atoms with Gasteiger partial charge in [-0.2, -0.15) is 0 Å². The molecule has 2 fully saturated rings. The normalized spacial score (nSPS) is 24.9. The van der Waals surface area contributed by atoms with Gasteiger partial charge in [-0.3, -0.25) is 9.59 Å². The molecule has 1 aliphatic carbocycles. The first kappa shape index (κ1) is 15.3. The van der Waals surface area contributed by atoms with Crippen molar-refractivity contribution < 1.29 is 9.59 Å². The number of hydrogen-bond donors (Lipinski definition) is 1. The van der Waals surface area contributed by atoms with E-state index >= 15 is 0 Å². The minimum atomic E-state index is -0.0184. The van der Waals surface area contributed by atoms with Crippen LogP contribution in [0.4, 0.5) is 0 Å². The van der Waals surface area contributed by atoms with Gasteiger partial charge in [0.1, 0.15) is 0 Å². The summed E-state index contributed by atoms with van der Waals surface area (Å²) in [6, 6.07) is 0.163. The van der Waals surface area contributed by atoms with Gasteiger partial charge in [0.2, 0.25) is 11.8 Å². The Kier molecular flexibility index (Phi) is 4.40. The van der Waals surface area contributed by atoms with Crippen molar-refractivity contribution in [1.29, 1.82) is 0 Å². The molecule has 0 aromatic heterocycles. The van der Waals surface area contributed by atoms with Crippen LogP contribution in [0.3, 0.4) is 0 Å². The van der Waals surface area contributed by atoms with E-state index in [2.05, 4.69) is 5.32 Å². The van der Waals surface area contributed by atoms with Crippen LogP contribution in [0, 0.1) is 17.3 Å². The zero-order valence-electron chi connectivity index (χ0n) is 13.2. The molecule has 0 aromatic rings. The van der Waals surface area contributed by atoms with E-state index in [1.807, 2.05) is 32.6 Å². The van der Waals surface area contributed by atoms with Crippen LogP contribution in [-0.4, -0.2) is 35.8 Å². The Labute approximate surface area is 122 Å². The lowest BCUT2D eigenvalue weighted by molar-refractivity contribution is -0.133. The van der Waals surface area contributed by atoms with Gasteiger partial charge < -0.3 is 10.2 Å². The minimum Gasteiger partial charge on any atom is -0.354 e. The largest absolute Gasteiger partial charge is 0.354 e. The van der Waals surface area contributed by atoms with E-state index in [1.54, 1.807) is 0 Å². The number of hydrogen-bond acceptors (Lipinski definition) is 2. The number of rotatable bonds is 3. The lowest BCUT2D eigenvalue weighted by atomic mass is 9.76. The summed E-state index contributed by atoms with van der Waals surface area (Å²) < 4.78 is 0. The molecule has 0 bridgehead atoms. The van der Waals surface area contributed by atoms with Crippen molar-refractivity contribution in [2.75, 3.05) is 13.1 Å². The van der Waals surface area contributed by atoms with Gasteiger partial charge in [-0.05, 0) is 26.7 Å². The maximum Gasteiger partial charge on any atom is 0.225 e. The second kappa shape index (κ2) is 5.74. The molecule has 2 amide bonds. The standard InChI is InChI=1S/C16H28N2O2/c1-11(2)15(20)18-9-13(14(19)17-12(3)4)16(10-18)7-5-6-8-16/h11-13H,5-10H2,1-4H3,(H,17,19). The number of amides is 2. The second-order valence-electron chi connectivity index (χ2n) is 7.16. The SMILES string of the molecule is CC(C)NC(=O)C1CN(C(=O)C(C)C)CC12CCCC2. The molecule has 4 nitrogen and oxygen atoms in total. The van der Waals surface area contributed by atoms with Gasteiger partial charge >= 0.3 is 0 Å². The van der Waals surface area contributed by atoms with Gasteiger partial charge in [-0.15, -0.1) is 0 Å². The van der Waals surface area contributed by atoms with E-state index < -0.39 is 0 Å². The van der Waals surface area contributed by atoms with Crippen molar-refractivity contribution in [1.82, 2.24) is 10.2 Å². The van der Waals surface area contributed by atoms with E-state index in [4.69, 9.17) is 0 Å². The Bertz CT molecular complexity index is 384. The molecular weight excluding hydrogens is 252 g/mol. The summed E-state index contributed by atoms with van der Waals surface area (Å²) in [5.41, 5.74) is 0.0452. The Morgan fingerprint density at radius 1 is 1.15 bits per heavy atom. The zero-order valence-corrected chi connectivity index (χ0v) is 13.2. The Hall–Kier alpha value is -1.06. The Morgan fingerprint density at radius 2 is 1.75 bits per heavy atom. The van der Waals surface area contributed by atoms with Crippen LogP contribution in [0.2, 0.25) is 0 Å². The molecule has 2 rings (SSSR count). The van der Waals surface area contributed by atoms with Crippen LogP contribution >= 0.6 is 0 Å². The van der Waals surface area contributed by atoms with Gasteiger partial charge in [-0.1, -0.05) is 26.7 Å². The average Bonchev–Trinajstić information content (AvgIpc) is 2.96. The summed E-state index contributed by atoms with van der Waals surface area (Å²) in [5, 5.41) is 3.05. The molecule has 1 atom stereocenters. The van der Waals surface area contributed by atoms with Crippen molar-refractivity contribution in [3.05, 3.63) is 0 Å². The van der Waals surface area contributed by atoms with Crippen LogP contribution in [0.1, 0.15) is 53.4 Å². The van der Waals surface area contributed by atoms with Gasteiger partial charge in [-0.25, -0.2) is 0 Å². The van der Waals surface area contributed by atoms with E-state index in [1.165, 1.54) is 12.8 Å². The number of nitrogens with one attached hydrogen (secondary N) is 1. The van der Waals surface area contributed by atoms with Crippen molar-refractivity contribution in [2.24, 2.45) is 17.3 Å². The van der Waals surface area contributed by atoms with Crippen molar-refractivity contribution >= 4 is 11.8 Å². The van der Waals surface area contributed by atoms with Gasteiger partial charge in [0, 0.05) is 30.5 Å². The lowest BCUT2D eigenvalue weighted by Gasteiger charge is -2.29. The molecule has 1 heterocycles. The molecule has 20 heavy (non-hydrogen) atoms. The number of carbonyl (C=O) groups is 2. The van der Waals surface area contributed by atoms with Gasteiger partial charge in [0.05, 0.1) is 5.92 Å². The molecule has 2 aliphatic rings. The first-order valence-electron chi connectivity index (χ1n) is 7.95. The molecule has 0 aromatic carbocycles. The van der Waals surface area contributed by atoms with E-state index in [0.717, 1.165) is 19.4 Å². The predicted molar refractivity (Wildman–Crippen MR) is 79.1 cm³/mol. The van der Waals surface area contributed by atoms with Crippen molar-refractivity contribution in [3.63, 3.8) is 0 Å². The second-order valence-corrected chi connectivity index (χ2v) is 7.16. The highest BCUT2D eigenvalue weighted by Crippen LogP contribution is 2.49. The van der Waals surface area contributed by atoms with E-state index in [9.17, 15) is 9.59 Å². The summed E-state index contributed by atoms with van der Waals surface area (Å²) in [7, 11) is 0. The summed E-state index contributed by atoms with van der Waals surface area (Å²) in [6.07, 6.45) is 4.56. The quantitative estimate of drug-likeness (QED) is 0.861. The van der Waals surface area contributed by atoms with Crippen LogP contribution in [0.5, 0.6) is 0 Å². The molecule has 1 saturated carbocycles. The molecule has 1 aliphatic heterocycles. The third kappa shape index (κ3) is 2.84. The topological polar surface area (TPSA) is 49.4 Å². The molecule has 1 spiro atoms. The van der Waals surface area contributed by atoms with Crippen molar-refractivity contribution in [3.8, 4) is 0 Å². The Balaban J connectivity index is 2.16. The van der Waals surface area contributed by atoms with E-state index in [0.29, 0.717) is 6.54 Å². The third-order valence-corrected chi connectivity index (χ3v) is 4.80. The fraction of sp³-hybridized carbons (Fsp3) is 0.875. The fourth-order valence-electron chi connectivity index (χ4n) is 3.83. The average molecular weight is 280 g/mol. The highest BCUT2D eigenvalue weighted by molar-refractivity contribution is 5.84. The first-order chi connectivity index (χ1) is 9.35. The third-order valence-electron chi connectivity index (χ3n) is 4.80.